The number of carbonyl (C=O) groups is 2. The molecule has 1 aliphatic heterocycles. The number of ether oxygens (including phenoxy) is 5. The first kappa shape index (κ1) is 47.4. The van der Waals surface area contributed by atoms with Gasteiger partial charge >= 0.3 is 18.7 Å². The summed E-state index contributed by atoms with van der Waals surface area (Å²) in [6, 6.07) is 8.69. The maximum Gasteiger partial charge on any atom is 0.410 e. The summed E-state index contributed by atoms with van der Waals surface area (Å²) in [7, 11) is -3.83. The Kier molecular flexibility index (Phi) is 15.7. The number of esters is 1. The van der Waals surface area contributed by atoms with Gasteiger partial charge in [0.05, 0.1) is 40.3 Å². The number of rotatable bonds is 20. The molecule has 0 bridgehead atoms. The Morgan fingerprint density at radius 1 is 0.887 bits per heavy atom. The third-order valence-electron chi connectivity index (χ3n) is 10.8. The molecule has 2 aromatic carbocycles. The van der Waals surface area contributed by atoms with Crippen molar-refractivity contribution in [3.8, 4) is 17.2 Å². The van der Waals surface area contributed by atoms with Crippen molar-refractivity contribution in [2.24, 2.45) is 11.8 Å². The van der Waals surface area contributed by atoms with E-state index < -0.39 is 34.3 Å². The van der Waals surface area contributed by atoms with E-state index in [9.17, 15) is 26.8 Å². The van der Waals surface area contributed by atoms with Crippen LogP contribution in [-0.4, -0.2) is 98.2 Å². The van der Waals surface area contributed by atoms with Crippen LogP contribution in [0.4, 0.5) is 19.3 Å². The fourth-order valence-electron chi connectivity index (χ4n) is 7.02. The number of amides is 1. The van der Waals surface area contributed by atoms with Crippen molar-refractivity contribution < 1.29 is 50.5 Å². The lowest BCUT2D eigenvalue weighted by molar-refractivity contribution is -0.0515. The number of sulfonamides is 1. The van der Waals surface area contributed by atoms with E-state index >= 15 is 0 Å². The normalized spacial score (nSPS) is 18.9. The number of alkyl halides is 2. The van der Waals surface area contributed by atoms with Gasteiger partial charge in [0, 0.05) is 44.0 Å². The predicted molar refractivity (Wildman–Crippen MR) is 232 cm³/mol. The van der Waals surface area contributed by atoms with Gasteiger partial charge in [-0.05, 0) is 133 Å². The zero-order chi connectivity index (χ0) is 44.8. The molecule has 2 heterocycles. The van der Waals surface area contributed by atoms with Gasteiger partial charge in [-0.2, -0.15) is 8.78 Å². The summed E-state index contributed by atoms with van der Waals surface area (Å²) >= 11 is 13.0. The van der Waals surface area contributed by atoms with Gasteiger partial charge in [-0.3, -0.25) is 14.6 Å². The lowest BCUT2D eigenvalue weighted by atomic mass is 10.0. The smallest absolute Gasteiger partial charge is 0.410 e. The molecule has 6 rings (SSSR count). The Balaban J connectivity index is 1.14. The van der Waals surface area contributed by atoms with E-state index in [-0.39, 0.29) is 68.9 Å². The van der Waals surface area contributed by atoms with E-state index in [0.717, 1.165) is 25.7 Å². The molecule has 62 heavy (non-hydrogen) atoms. The van der Waals surface area contributed by atoms with Crippen molar-refractivity contribution in [1.29, 1.82) is 0 Å². The second kappa shape index (κ2) is 20.6. The Bertz CT molecular complexity index is 2130. The molecule has 1 aromatic heterocycles. The average molecular weight is 926 g/mol. The van der Waals surface area contributed by atoms with E-state index in [1.807, 2.05) is 34.6 Å². The van der Waals surface area contributed by atoms with E-state index in [1.54, 1.807) is 4.90 Å². The minimum atomic E-state index is -3.83. The van der Waals surface area contributed by atoms with Crippen LogP contribution in [0.3, 0.4) is 0 Å². The second-order valence-corrected chi connectivity index (χ2v) is 20.1. The van der Waals surface area contributed by atoms with Crippen LogP contribution in [-0.2, 0) is 25.9 Å². The Labute approximate surface area is 372 Å². The number of nitrogens with zero attached hydrogens (tertiary/aromatic N) is 3. The number of carbonyl (C=O) groups excluding carboxylic acids is 2. The first-order valence-electron chi connectivity index (χ1n) is 21.1. The number of unbranched alkanes of at least 4 members (excludes halogenated alkanes) is 1. The van der Waals surface area contributed by atoms with Crippen molar-refractivity contribution in [1.82, 2.24) is 14.8 Å². The predicted octanol–water partition coefficient (Wildman–Crippen LogP) is 9.56. The molecule has 0 spiro atoms. The third kappa shape index (κ3) is 13.9. The molecule has 18 heteroatoms. The Hall–Kier alpha value is -4.12. The van der Waals surface area contributed by atoms with Crippen LogP contribution >= 0.6 is 23.2 Å². The van der Waals surface area contributed by atoms with Gasteiger partial charge in [0.25, 0.3) is 0 Å². The number of hydrogen-bond donors (Lipinski definition) is 1. The number of halogens is 4. The average Bonchev–Trinajstić information content (AvgIpc) is 4.13. The van der Waals surface area contributed by atoms with E-state index in [2.05, 4.69) is 14.6 Å². The van der Waals surface area contributed by atoms with E-state index in [0.29, 0.717) is 68.7 Å². The molecule has 3 aromatic rings. The van der Waals surface area contributed by atoms with Crippen molar-refractivity contribution in [3.63, 3.8) is 0 Å². The molecule has 1 amide bonds. The molecule has 2 aliphatic carbocycles. The number of benzene rings is 2. The van der Waals surface area contributed by atoms with Crippen molar-refractivity contribution in [2.75, 3.05) is 43.3 Å². The monoisotopic (exact) mass is 924 g/mol. The molecule has 13 nitrogen and oxygen atoms in total. The Morgan fingerprint density at radius 2 is 1.55 bits per heavy atom. The van der Waals surface area contributed by atoms with Crippen LogP contribution in [0.1, 0.15) is 101 Å². The summed E-state index contributed by atoms with van der Waals surface area (Å²) < 4.78 is 84.6. The van der Waals surface area contributed by atoms with E-state index in [1.165, 1.54) is 48.8 Å². The molecule has 3 atom stereocenters. The standard InChI is InChI=1S/C44H56Cl2F2N4O9S/c1-27-24-52(43(54)61-44(3,4)5)28(2)23-51(27)16-6-7-17-62(55,56)50-36-14-12-32(19-39(36)57-25-29-8-9-29)41(53)59-38(20-33-34(45)21-49-22-35(33)46)31-13-15-37(60-42(47)48)40(18-31)58-26-30-10-11-30/h12-15,18-19,21-22,27-30,38,42,50H,6-11,16-17,20,23-26H2,1-5H3/t27-,28+,38-/m0/s1. The van der Waals surface area contributed by atoms with Gasteiger partial charge in [0.2, 0.25) is 10.0 Å². The highest BCUT2D eigenvalue weighted by Gasteiger charge is 2.34. The van der Waals surface area contributed by atoms with Crippen LogP contribution in [0.2, 0.25) is 10.0 Å². The zero-order valence-corrected chi connectivity index (χ0v) is 38.0. The lowest BCUT2D eigenvalue weighted by Crippen LogP contribution is -2.58. The minimum Gasteiger partial charge on any atom is -0.491 e. The largest absolute Gasteiger partial charge is 0.491 e. The summed E-state index contributed by atoms with van der Waals surface area (Å²) in [6.45, 7) is 8.93. The van der Waals surface area contributed by atoms with Gasteiger partial charge in [-0.1, -0.05) is 29.3 Å². The van der Waals surface area contributed by atoms with Crippen LogP contribution < -0.4 is 18.9 Å². The van der Waals surface area contributed by atoms with E-state index in [4.69, 9.17) is 46.9 Å². The van der Waals surface area contributed by atoms with Gasteiger partial charge in [0.1, 0.15) is 17.5 Å². The van der Waals surface area contributed by atoms with Gasteiger partial charge in [-0.15, -0.1) is 0 Å². The maximum atomic E-state index is 14.0. The van der Waals surface area contributed by atoms with Crippen molar-refractivity contribution >= 4 is 51.0 Å². The zero-order valence-electron chi connectivity index (χ0n) is 35.7. The number of aromatic nitrogens is 1. The molecule has 340 valence electrons. The second-order valence-electron chi connectivity index (χ2n) is 17.4. The molecule has 1 saturated heterocycles. The summed E-state index contributed by atoms with van der Waals surface area (Å²) in [5.74, 6) is -0.215. The van der Waals surface area contributed by atoms with Gasteiger partial charge in [0.15, 0.2) is 11.5 Å². The minimum absolute atomic E-state index is 0.00775. The van der Waals surface area contributed by atoms with Crippen molar-refractivity contribution in [2.45, 2.75) is 110 Å². The highest BCUT2D eigenvalue weighted by molar-refractivity contribution is 7.92. The first-order chi connectivity index (χ1) is 29.3. The van der Waals surface area contributed by atoms with Crippen LogP contribution in [0.15, 0.2) is 48.8 Å². The highest BCUT2D eigenvalue weighted by atomic mass is 35.5. The summed E-state index contributed by atoms with van der Waals surface area (Å²) in [6.07, 6.45) is 6.33. The molecule has 0 unspecified atom stereocenters. The molecule has 0 radical (unpaired) electrons. The number of hydrogen-bond acceptors (Lipinski definition) is 11. The topological polar surface area (TPSA) is 146 Å². The van der Waals surface area contributed by atoms with Crippen molar-refractivity contribution in [3.05, 3.63) is 75.5 Å². The molecule has 1 N–H and O–H groups in total. The quantitative estimate of drug-likeness (QED) is 0.0854. The Morgan fingerprint density at radius 3 is 2.18 bits per heavy atom. The number of piperazine rings is 1. The first-order valence-corrected chi connectivity index (χ1v) is 23.5. The molecule has 3 aliphatic rings. The fraction of sp³-hybridized carbons (Fsp3) is 0.568. The van der Waals surface area contributed by atoms with Crippen LogP contribution in [0.25, 0.3) is 0 Å². The summed E-state index contributed by atoms with van der Waals surface area (Å²) in [4.78, 5) is 34.8. The molecular formula is C44H56Cl2F2N4O9S. The lowest BCUT2D eigenvalue weighted by Gasteiger charge is -2.44. The summed E-state index contributed by atoms with van der Waals surface area (Å²) in [5, 5.41) is 0.465. The fourth-order valence-corrected chi connectivity index (χ4v) is 8.73. The van der Waals surface area contributed by atoms with Crippen LogP contribution in [0.5, 0.6) is 17.2 Å². The molecular weight excluding hydrogens is 869 g/mol. The third-order valence-corrected chi connectivity index (χ3v) is 12.8. The van der Waals surface area contributed by atoms with Gasteiger partial charge in [-0.25, -0.2) is 18.0 Å². The number of anilines is 1. The molecule has 2 saturated carbocycles. The SMILES string of the molecule is C[C@@H]1CN(CCCCS(=O)(=O)Nc2ccc(C(=O)O[C@@H](Cc3c(Cl)cncc3Cl)c3ccc(OC(F)F)c(OCC4CC4)c3)cc2OCC2CC2)[C@@H](C)CN1C(=O)OC(C)(C)C. The molecule has 3 fully saturated rings. The number of pyridine rings is 1. The maximum absolute atomic E-state index is 14.0. The van der Waals surface area contributed by atoms with Gasteiger partial charge < -0.3 is 28.6 Å². The van der Waals surface area contributed by atoms with Crippen LogP contribution in [0, 0.1) is 11.8 Å². The number of nitrogens with one attached hydrogen (secondary N) is 1. The summed E-state index contributed by atoms with van der Waals surface area (Å²) in [5.41, 5.74) is 0.513. The highest BCUT2D eigenvalue weighted by Crippen LogP contribution is 2.39.